The van der Waals surface area contributed by atoms with Gasteiger partial charge in [-0.1, -0.05) is 6.92 Å². The normalized spacial score (nSPS) is 24.4. The smallest absolute Gasteiger partial charge is 0.381 e. The Morgan fingerprint density at radius 3 is 2.40 bits per heavy atom. The van der Waals surface area contributed by atoms with E-state index in [1.807, 2.05) is 13.8 Å². The minimum Gasteiger partial charge on any atom is -0.381 e. The van der Waals surface area contributed by atoms with Crippen LogP contribution in [0.4, 0.5) is 13.2 Å². The largest absolute Gasteiger partial charge is 0.534 e. The van der Waals surface area contributed by atoms with Gasteiger partial charge in [-0.15, -0.1) is 0 Å². The van der Waals surface area contributed by atoms with Crippen LogP contribution in [-0.4, -0.2) is 27.1 Å². The molecule has 0 spiro atoms. The number of halogens is 3. The maximum atomic E-state index is 12.2. The zero-order chi connectivity index (χ0) is 15.4. The molecule has 1 unspecified atom stereocenters. The third-order valence-corrected chi connectivity index (χ3v) is 4.53. The van der Waals surface area contributed by atoms with Crippen LogP contribution < -0.4 is 0 Å². The predicted octanol–water partition coefficient (Wildman–Crippen LogP) is 3.35. The van der Waals surface area contributed by atoms with Crippen LogP contribution in [0.3, 0.4) is 0 Å². The molecule has 0 amide bonds. The van der Waals surface area contributed by atoms with Crippen LogP contribution >= 0.6 is 0 Å². The lowest BCUT2D eigenvalue weighted by Crippen LogP contribution is -2.30. The molecule has 1 aliphatic rings. The van der Waals surface area contributed by atoms with Gasteiger partial charge >= 0.3 is 15.6 Å². The Hall–Kier alpha value is -0.760. The van der Waals surface area contributed by atoms with Crippen molar-refractivity contribution in [1.82, 2.24) is 0 Å². The molecule has 0 saturated heterocycles. The Labute approximate surface area is 117 Å². The average Bonchev–Trinajstić information content (AvgIpc) is 2.37. The fourth-order valence-corrected chi connectivity index (χ4v) is 2.59. The van der Waals surface area contributed by atoms with Crippen LogP contribution in [0.2, 0.25) is 0 Å². The van der Waals surface area contributed by atoms with E-state index in [9.17, 15) is 21.6 Å². The second-order valence-electron chi connectivity index (χ2n) is 4.85. The SMILES string of the molecule is CCOCC1(CC)CC=C(OS(=O)(=O)C(F)(F)F)CC1. The van der Waals surface area contributed by atoms with Gasteiger partial charge < -0.3 is 8.92 Å². The van der Waals surface area contributed by atoms with Gasteiger partial charge in [0.2, 0.25) is 0 Å². The first-order valence-corrected chi connectivity index (χ1v) is 7.84. The minimum absolute atomic E-state index is 0.136. The molecule has 0 fully saturated rings. The third kappa shape index (κ3) is 4.12. The lowest BCUT2D eigenvalue weighted by Gasteiger charge is -2.34. The van der Waals surface area contributed by atoms with E-state index < -0.39 is 15.6 Å². The van der Waals surface area contributed by atoms with Crippen molar-refractivity contribution in [3.63, 3.8) is 0 Å². The average molecular weight is 316 g/mol. The highest BCUT2D eigenvalue weighted by Gasteiger charge is 2.49. The van der Waals surface area contributed by atoms with Crippen LogP contribution in [0.5, 0.6) is 0 Å². The second-order valence-corrected chi connectivity index (χ2v) is 6.39. The van der Waals surface area contributed by atoms with Gasteiger partial charge in [0.25, 0.3) is 0 Å². The van der Waals surface area contributed by atoms with Gasteiger partial charge in [0.15, 0.2) is 0 Å². The summed E-state index contributed by atoms with van der Waals surface area (Å²) in [5.41, 5.74) is -5.54. The van der Waals surface area contributed by atoms with E-state index in [1.165, 1.54) is 6.08 Å². The molecule has 1 rings (SSSR count). The Kier molecular flexibility index (Phi) is 5.48. The molecule has 8 heteroatoms. The van der Waals surface area contributed by atoms with Crippen molar-refractivity contribution in [3.05, 3.63) is 11.8 Å². The molecule has 0 aromatic rings. The quantitative estimate of drug-likeness (QED) is 0.557. The van der Waals surface area contributed by atoms with Crippen molar-refractivity contribution >= 4 is 10.1 Å². The van der Waals surface area contributed by atoms with E-state index >= 15 is 0 Å². The Morgan fingerprint density at radius 1 is 1.35 bits per heavy atom. The van der Waals surface area contributed by atoms with Crippen LogP contribution in [-0.2, 0) is 19.0 Å². The summed E-state index contributed by atoms with van der Waals surface area (Å²) in [5, 5.41) is 0. The van der Waals surface area contributed by atoms with Crippen LogP contribution in [0.25, 0.3) is 0 Å². The molecule has 1 aliphatic carbocycles. The number of hydrogen-bond acceptors (Lipinski definition) is 4. The molecule has 1 atom stereocenters. The zero-order valence-electron chi connectivity index (χ0n) is 11.5. The van der Waals surface area contributed by atoms with Crippen molar-refractivity contribution in [1.29, 1.82) is 0 Å². The number of alkyl halides is 3. The Bertz CT molecular complexity index is 456. The molecule has 0 saturated carbocycles. The van der Waals surface area contributed by atoms with Gasteiger partial charge in [0.1, 0.15) is 5.76 Å². The molecule has 0 N–H and O–H groups in total. The highest BCUT2D eigenvalue weighted by atomic mass is 32.2. The molecular weight excluding hydrogens is 297 g/mol. The van der Waals surface area contributed by atoms with Crippen molar-refractivity contribution in [2.45, 2.75) is 45.0 Å². The van der Waals surface area contributed by atoms with E-state index in [-0.39, 0.29) is 17.6 Å². The summed E-state index contributed by atoms with van der Waals surface area (Å²) in [6.07, 6.45) is 3.39. The Balaban J connectivity index is 2.73. The lowest BCUT2D eigenvalue weighted by molar-refractivity contribution is -0.0527. The van der Waals surface area contributed by atoms with Crippen molar-refractivity contribution < 1.29 is 30.5 Å². The fraction of sp³-hybridized carbons (Fsp3) is 0.833. The molecule has 20 heavy (non-hydrogen) atoms. The molecule has 0 aromatic carbocycles. The first-order chi connectivity index (χ1) is 9.16. The van der Waals surface area contributed by atoms with E-state index in [2.05, 4.69) is 4.18 Å². The van der Waals surface area contributed by atoms with Gasteiger partial charge in [0.05, 0.1) is 6.61 Å². The summed E-state index contributed by atoms with van der Waals surface area (Å²) in [5.74, 6) is -0.136. The topological polar surface area (TPSA) is 52.6 Å². The fourth-order valence-electron chi connectivity index (χ4n) is 2.06. The second kappa shape index (κ2) is 6.34. The number of allylic oxidation sites excluding steroid dienone is 2. The lowest BCUT2D eigenvalue weighted by atomic mass is 9.75. The summed E-state index contributed by atoms with van der Waals surface area (Å²) in [7, 11) is -5.56. The van der Waals surface area contributed by atoms with Crippen LogP contribution in [0.15, 0.2) is 11.8 Å². The standard InChI is InChI=1S/C12H19F3O4S/c1-3-11(9-18-4-2)7-5-10(6-8-11)19-20(16,17)12(13,14)15/h5H,3-4,6-9H2,1-2H3. The third-order valence-electron chi connectivity index (χ3n) is 3.53. The Morgan fingerprint density at radius 2 is 2.00 bits per heavy atom. The van der Waals surface area contributed by atoms with Crippen LogP contribution in [0, 0.1) is 5.41 Å². The first kappa shape index (κ1) is 17.3. The minimum atomic E-state index is -5.56. The van der Waals surface area contributed by atoms with E-state index in [0.717, 1.165) is 6.42 Å². The zero-order valence-corrected chi connectivity index (χ0v) is 12.3. The molecule has 4 nitrogen and oxygen atoms in total. The van der Waals surface area contributed by atoms with Crippen LogP contribution in [0.1, 0.15) is 39.5 Å². The summed E-state index contributed by atoms with van der Waals surface area (Å²) >= 11 is 0. The molecule has 0 heterocycles. The van der Waals surface area contributed by atoms with Crippen molar-refractivity contribution in [2.75, 3.05) is 13.2 Å². The first-order valence-electron chi connectivity index (χ1n) is 6.43. The highest BCUT2D eigenvalue weighted by molar-refractivity contribution is 7.87. The summed E-state index contributed by atoms with van der Waals surface area (Å²) in [4.78, 5) is 0. The molecule has 118 valence electrons. The molecular formula is C12H19F3O4S. The maximum Gasteiger partial charge on any atom is 0.534 e. The van der Waals surface area contributed by atoms with E-state index in [4.69, 9.17) is 4.74 Å². The highest BCUT2D eigenvalue weighted by Crippen LogP contribution is 2.40. The molecule has 0 aliphatic heterocycles. The van der Waals surface area contributed by atoms with Crippen molar-refractivity contribution in [2.24, 2.45) is 5.41 Å². The molecule has 0 aromatic heterocycles. The van der Waals surface area contributed by atoms with E-state index in [1.54, 1.807) is 0 Å². The van der Waals surface area contributed by atoms with Gasteiger partial charge in [-0.25, -0.2) is 0 Å². The number of ether oxygens (including phenoxy) is 1. The van der Waals surface area contributed by atoms with Gasteiger partial charge in [-0.2, -0.15) is 21.6 Å². The van der Waals surface area contributed by atoms with Gasteiger partial charge in [-0.3, -0.25) is 0 Å². The van der Waals surface area contributed by atoms with Crippen molar-refractivity contribution in [3.8, 4) is 0 Å². The number of rotatable bonds is 6. The summed E-state index contributed by atoms with van der Waals surface area (Å²) in [6, 6.07) is 0. The predicted molar refractivity (Wildman–Crippen MR) is 67.2 cm³/mol. The molecule has 0 radical (unpaired) electrons. The summed E-state index contributed by atoms with van der Waals surface area (Å²) in [6.45, 7) is 4.92. The van der Waals surface area contributed by atoms with Gasteiger partial charge in [0, 0.05) is 13.0 Å². The monoisotopic (exact) mass is 316 g/mol. The maximum absolute atomic E-state index is 12.2. The van der Waals surface area contributed by atoms with E-state index in [0.29, 0.717) is 26.1 Å². The number of hydrogen-bond donors (Lipinski definition) is 0. The summed E-state index contributed by atoms with van der Waals surface area (Å²) < 4.78 is 68.0. The van der Waals surface area contributed by atoms with Gasteiger partial charge in [-0.05, 0) is 37.7 Å². The molecule has 0 bridgehead atoms.